The minimum Gasteiger partial charge on any atom is -0.508 e. The van der Waals surface area contributed by atoms with E-state index in [1.54, 1.807) is 51.1 Å². The molecule has 0 spiro atoms. The maximum atomic E-state index is 13.3. The number of carboxylic acids is 1. The zero-order valence-corrected chi connectivity index (χ0v) is 19.0. The lowest BCUT2D eigenvalue weighted by Gasteiger charge is -2.26. The van der Waals surface area contributed by atoms with Crippen molar-refractivity contribution in [3.63, 3.8) is 0 Å². The predicted molar refractivity (Wildman–Crippen MR) is 122 cm³/mol. The molecule has 168 valence electrons. The quantitative estimate of drug-likeness (QED) is 0.507. The topological polar surface area (TPSA) is 109 Å². The maximum absolute atomic E-state index is 13.3. The van der Waals surface area contributed by atoms with Crippen LogP contribution in [0.15, 0.2) is 42.5 Å². The van der Waals surface area contributed by atoms with Crippen molar-refractivity contribution in [2.24, 2.45) is 0 Å². The van der Waals surface area contributed by atoms with Gasteiger partial charge in [0.2, 0.25) is 5.91 Å². The fraction of sp³-hybridized carbons (Fsp3) is 0.292. The first-order chi connectivity index (χ1) is 15.0. The second-order valence-corrected chi connectivity index (χ2v) is 8.49. The van der Waals surface area contributed by atoms with Gasteiger partial charge >= 0.3 is 5.97 Å². The number of nitrogens with one attached hydrogen (secondary N) is 1. The Labute approximate surface area is 190 Å². The summed E-state index contributed by atoms with van der Waals surface area (Å²) in [5.41, 5.74) is 0.599. The molecule has 3 aromatic rings. The molecule has 0 aliphatic rings. The van der Waals surface area contributed by atoms with Gasteiger partial charge in [-0.25, -0.2) is 4.79 Å². The fourth-order valence-corrected chi connectivity index (χ4v) is 3.89. The molecule has 2 aromatic carbocycles. The predicted octanol–water partition coefficient (Wildman–Crippen LogP) is 4.47. The summed E-state index contributed by atoms with van der Waals surface area (Å²) in [6, 6.07) is 11.1. The molecular weight excluding hydrogens is 432 g/mol. The van der Waals surface area contributed by atoms with Gasteiger partial charge in [-0.1, -0.05) is 18.5 Å². The average molecular weight is 457 g/mol. The first-order valence-electron chi connectivity index (χ1n) is 10.2. The highest BCUT2D eigenvalue weighted by atomic mass is 35.5. The molecule has 0 radical (unpaired) electrons. The summed E-state index contributed by atoms with van der Waals surface area (Å²) in [4.78, 5) is 38.0. The summed E-state index contributed by atoms with van der Waals surface area (Å²) < 4.78 is 1.49. The normalized spacial score (nSPS) is 14.0. The Morgan fingerprint density at radius 1 is 1.16 bits per heavy atom. The Morgan fingerprint density at radius 3 is 2.34 bits per heavy atom. The molecule has 8 heteroatoms. The van der Waals surface area contributed by atoms with Crippen LogP contribution in [0.25, 0.3) is 10.9 Å². The molecule has 1 heterocycles. The van der Waals surface area contributed by atoms with Gasteiger partial charge in [-0.3, -0.25) is 14.2 Å². The number of carbonyl (C=O) groups excluding carboxylic acids is 2. The second kappa shape index (κ2) is 8.67. The van der Waals surface area contributed by atoms with E-state index in [0.717, 1.165) is 0 Å². The van der Waals surface area contributed by atoms with Gasteiger partial charge in [-0.2, -0.15) is 0 Å². The number of hydrogen-bond donors (Lipinski definition) is 3. The van der Waals surface area contributed by atoms with E-state index in [1.807, 2.05) is 0 Å². The largest absolute Gasteiger partial charge is 0.508 e. The Hall–Kier alpha value is -3.32. The number of aliphatic carboxylic acids is 1. The Bertz CT molecular complexity index is 1220. The van der Waals surface area contributed by atoms with Gasteiger partial charge in [0, 0.05) is 21.7 Å². The van der Waals surface area contributed by atoms with Crippen molar-refractivity contribution in [1.29, 1.82) is 0 Å². The molecule has 1 aromatic heterocycles. The lowest BCUT2D eigenvalue weighted by Crippen LogP contribution is -2.52. The van der Waals surface area contributed by atoms with Crippen molar-refractivity contribution < 1.29 is 24.6 Å². The third kappa shape index (κ3) is 4.08. The first-order valence-corrected chi connectivity index (χ1v) is 10.6. The van der Waals surface area contributed by atoms with Crippen LogP contribution in [-0.4, -0.2) is 38.1 Å². The van der Waals surface area contributed by atoms with Crippen LogP contribution in [0.4, 0.5) is 0 Å². The zero-order valence-electron chi connectivity index (χ0n) is 18.3. The molecule has 2 atom stereocenters. The Balaban J connectivity index is 2.13. The Morgan fingerprint density at radius 2 is 1.78 bits per heavy atom. The molecule has 7 nitrogen and oxygen atoms in total. The number of amides is 1. The summed E-state index contributed by atoms with van der Waals surface area (Å²) in [5, 5.41) is 23.2. The van der Waals surface area contributed by atoms with Crippen LogP contribution in [0.5, 0.6) is 5.75 Å². The number of carbonyl (C=O) groups is 3. The monoisotopic (exact) mass is 456 g/mol. The van der Waals surface area contributed by atoms with Crippen LogP contribution in [0.1, 0.15) is 54.7 Å². The van der Waals surface area contributed by atoms with Crippen LogP contribution in [0, 0.1) is 6.92 Å². The lowest BCUT2D eigenvalue weighted by molar-refractivity contribution is -0.147. The summed E-state index contributed by atoms with van der Waals surface area (Å²) >= 11 is 5.94. The number of aromatic nitrogens is 1. The standard InChI is InChI=1S/C24H25ClN2O5/c1-5-24(4,23(31)32)26-21(29)13(2)20-14(3)27(19-11-10-17(28)12-18(19)20)22(30)15-6-8-16(25)9-7-15/h6-13,28H,5H2,1-4H3,(H,26,29)(H,31,32)/t13-,24?/m1/s1. The van der Waals surface area contributed by atoms with Crippen molar-refractivity contribution >= 4 is 40.3 Å². The molecule has 32 heavy (non-hydrogen) atoms. The number of fused-ring (bicyclic) bond motifs is 1. The van der Waals surface area contributed by atoms with E-state index in [-0.39, 0.29) is 18.1 Å². The van der Waals surface area contributed by atoms with Gasteiger partial charge in [-0.15, -0.1) is 0 Å². The molecule has 1 amide bonds. The van der Waals surface area contributed by atoms with E-state index >= 15 is 0 Å². The Kier molecular flexibility index (Phi) is 6.32. The van der Waals surface area contributed by atoms with Crippen molar-refractivity contribution in [3.8, 4) is 5.75 Å². The molecule has 0 saturated heterocycles. The average Bonchev–Trinajstić information content (AvgIpc) is 3.03. The summed E-state index contributed by atoms with van der Waals surface area (Å²) in [6.07, 6.45) is 0.206. The van der Waals surface area contributed by atoms with Crippen LogP contribution in [-0.2, 0) is 9.59 Å². The zero-order chi connectivity index (χ0) is 23.8. The van der Waals surface area contributed by atoms with Gasteiger partial charge in [0.05, 0.1) is 11.4 Å². The van der Waals surface area contributed by atoms with E-state index in [2.05, 4.69) is 5.32 Å². The molecule has 3 N–H and O–H groups in total. The van der Waals surface area contributed by atoms with Crippen LogP contribution in [0.3, 0.4) is 0 Å². The third-order valence-corrected chi connectivity index (χ3v) is 6.19. The minimum absolute atomic E-state index is 0.00798. The van der Waals surface area contributed by atoms with E-state index in [4.69, 9.17) is 11.6 Å². The number of halogens is 1. The number of benzene rings is 2. The molecule has 0 fully saturated rings. The summed E-state index contributed by atoms with van der Waals surface area (Å²) in [6.45, 7) is 6.50. The number of aromatic hydroxyl groups is 1. The molecular formula is C24H25ClN2O5. The van der Waals surface area contributed by atoms with Gasteiger partial charge in [0.25, 0.3) is 5.91 Å². The highest BCUT2D eigenvalue weighted by Gasteiger charge is 2.35. The SMILES string of the molecule is CCC(C)(NC(=O)[C@H](C)c1c(C)n(C(=O)c2ccc(Cl)cc2)c2ccc(O)cc12)C(=O)O. The van der Waals surface area contributed by atoms with Crippen molar-refractivity contribution in [3.05, 3.63) is 64.3 Å². The number of phenols is 1. The highest BCUT2D eigenvalue weighted by molar-refractivity contribution is 6.30. The van der Waals surface area contributed by atoms with Crippen molar-refractivity contribution in [2.75, 3.05) is 0 Å². The van der Waals surface area contributed by atoms with Crippen LogP contribution in [0.2, 0.25) is 5.02 Å². The highest BCUT2D eigenvalue weighted by Crippen LogP contribution is 2.35. The number of hydrogen-bond acceptors (Lipinski definition) is 4. The van der Waals surface area contributed by atoms with Crippen molar-refractivity contribution in [1.82, 2.24) is 9.88 Å². The van der Waals surface area contributed by atoms with Crippen LogP contribution >= 0.6 is 11.6 Å². The molecule has 0 aliphatic heterocycles. The lowest BCUT2D eigenvalue weighted by atomic mass is 9.93. The third-order valence-electron chi connectivity index (χ3n) is 5.94. The van der Waals surface area contributed by atoms with Gasteiger partial charge in [-0.05, 0) is 75.2 Å². The number of carboxylic acid groups (broad SMARTS) is 1. The van der Waals surface area contributed by atoms with E-state index < -0.39 is 23.3 Å². The first kappa shape index (κ1) is 23.3. The number of nitrogens with zero attached hydrogens (tertiary/aromatic N) is 1. The van der Waals surface area contributed by atoms with Gasteiger partial charge in [0.15, 0.2) is 0 Å². The van der Waals surface area contributed by atoms with E-state index in [0.29, 0.717) is 32.7 Å². The number of rotatable bonds is 6. The molecule has 0 bridgehead atoms. The molecule has 1 unspecified atom stereocenters. The summed E-state index contributed by atoms with van der Waals surface area (Å²) in [7, 11) is 0. The fourth-order valence-electron chi connectivity index (χ4n) is 3.76. The van der Waals surface area contributed by atoms with E-state index in [1.165, 1.54) is 23.6 Å². The maximum Gasteiger partial charge on any atom is 0.329 e. The van der Waals surface area contributed by atoms with Gasteiger partial charge in [0.1, 0.15) is 11.3 Å². The summed E-state index contributed by atoms with van der Waals surface area (Å²) in [5.74, 6) is -2.70. The van der Waals surface area contributed by atoms with Crippen LogP contribution < -0.4 is 5.32 Å². The molecule has 0 aliphatic carbocycles. The molecule has 3 rings (SSSR count). The smallest absolute Gasteiger partial charge is 0.329 e. The number of phenolic OH excluding ortho intramolecular Hbond substituents is 1. The second-order valence-electron chi connectivity index (χ2n) is 8.05. The van der Waals surface area contributed by atoms with E-state index in [9.17, 15) is 24.6 Å². The van der Waals surface area contributed by atoms with Crippen molar-refractivity contribution in [2.45, 2.75) is 45.6 Å². The van der Waals surface area contributed by atoms with Gasteiger partial charge < -0.3 is 15.5 Å². The molecule has 0 saturated carbocycles. The minimum atomic E-state index is -1.42.